The van der Waals surface area contributed by atoms with Gasteiger partial charge in [0.05, 0.1) is 11.9 Å². The maximum Gasteiger partial charge on any atom is 4.00 e. The molecule has 0 aliphatic carbocycles. The Kier molecular flexibility index (Phi) is 13.9. The largest absolute Gasteiger partial charge is 4.00 e. The van der Waals surface area contributed by atoms with Crippen LogP contribution < -0.4 is 31.9 Å². The summed E-state index contributed by atoms with van der Waals surface area (Å²) in [7, 11) is 0. The summed E-state index contributed by atoms with van der Waals surface area (Å²) in [5.74, 6) is -2.48. The molecule has 8 nitrogen and oxygen atoms in total. The van der Waals surface area contributed by atoms with E-state index >= 15 is 0 Å². The Morgan fingerprint density at radius 1 is 0.720 bits per heavy atom. The molecule has 0 unspecified atom stereocenters. The second-order valence-corrected chi connectivity index (χ2v) is 4.16. The summed E-state index contributed by atoms with van der Waals surface area (Å²) in [4.78, 5) is 20.5. The monoisotopic (exact) mass is 380 g/mol. The number of rotatable bonds is 3. The van der Waals surface area contributed by atoms with Crippen LogP contribution in [0.15, 0.2) is 48.5 Å². The van der Waals surface area contributed by atoms with E-state index in [9.17, 15) is 19.8 Å². The molecule has 130 valence electrons. The molecule has 0 radical (unpaired) electrons. The Morgan fingerprint density at radius 3 is 1.16 bits per heavy atom. The third-order valence-corrected chi connectivity index (χ3v) is 2.44. The molecule has 4 N–H and O–H groups in total. The van der Waals surface area contributed by atoms with Gasteiger partial charge in [-0.15, -0.1) is 0 Å². The van der Waals surface area contributed by atoms with E-state index in [0.717, 1.165) is 0 Å². The Labute approximate surface area is 159 Å². The molecule has 25 heavy (non-hydrogen) atoms. The number of benzene rings is 2. The first-order valence-corrected chi connectivity index (χ1v) is 6.63. The predicted octanol–water partition coefficient (Wildman–Crippen LogP) is -3.03. The van der Waals surface area contributed by atoms with E-state index in [2.05, 4.69) is 0 Å². The van der Waals surface area contributed by atoms with Gasteiger partial charge in [-0.2, -0.15) is 13.2 Å². The molecular weight excluding hydrogens is 364 g/mol. The standard InChI is InChI=1S/2C7H7NO2.C2H4O2.Ti/c2*8-6-4-2-1-3-5(6)7(9)10;3-1-2-4;/h2*1-4H,8H2,(H,9,10);1-2H2;/q;;-2;+4/p-2. The molecule has 2 rings (SSSR count). The summed E-state index contributed by atoms with van der Waals surface area (Å²) >= 11 is 0. The topological polar surface area (TPSA) is 178 Å². The number of para-hydroxylation sites is 2. The van der Waals surface area contributed by atoms with Crippen LogP contribution in [0.4, 0.5) is 11.4 Å². The summed E-state index contributed by atoms with van der Waals surface area (Å²) < 4.78 is 0. The van der Waals surface area contributed by atoms with Gasteiger partial charge in [0.25, 0.3) is 0 Å². The second-order valence-electron chi connectivity index (χ2n) is 4.16. The fourth-order valence-corrected chi connectivity index (χ4v) is 1.37. The maximum absolute atomic E-state index is 10.2. The van der Waals surface area contributed by atoms with Gasteiger partial charge in [-0.05, 0) is 12.1 Å². The predicted molar refractivity (Wildman–Crippen MR) is 80.1 cm³/mol. The number of anilines is 2. The number of aromatic carboxylic acids is 2. The SMILES string of the molecule is Nc1ccccc1C(=O)[O-].Nc1ccccc1C(=O)[O-].[O-]CC[O-].[Ti+4]. The Balaban J connectivity index is 0. The minimum atomic E-state index is -1.24. The Hall–Kier alpha value is -2.39. The molecular formula is C16H16N2O6Ti. The molecule has 0 spiro atoms. The fraction of sp³-hybridized carbons (Fsp3) is 0.125. The van der Waals surface area contributed by atoms with Crippen LogP contribution in [0.25, 0.3) is 0 Å². The van der Waals surface area contributed by atoms with Crippen LogP contribution in [0.5, 0.6) is 0 Å². The number of nitrogen functional groups attached to an aromatic ring is 2. The van der Waals surface area contributed by atoms with Crippen molar-refractivity contribution in [3.05, 3.63) is 59.7 Å². The summed E-state index contributed by atoms with van der Waals surface area (Å²) in [5, 5.41) is 38.4. The van der Waals surface area contributed by atoms with Crippen LogP contribution in [0.3, 0.4) is 0 Å². The van der Waals surface area contributed by atoms with Crippen molar-refractivity contribution in [3.63, 3.8) is 0 Å². The van der Waals surface area contributed by atoms with Gasteiger partial charge >= 0.3 is 21.7 Å². The summed E-state index contributed by atoms with van der Waals surface area (Å²) in [5.41, 5.74) is 11.2. The first-order chi connectivity index (χ1) is 11.3. The molecule has 2 aromatic rings. The molecule has 0 saturated heterocycles. The first-order valence-electron chi connectivity index (χ1n) is 6.63. The molecule has 0 fully saturated rings. The van der Waals surface area contributed by atoms with Gasteiger partial charge in [0.1, 0.15) is 0 Å². The molecule has 0 bridgehead atoms. The van der Waals surface area contributed by atoms with Gasteiger partial charge in [0.2, 0.25) is 0 Å². The van der Waals surface area contributed by atoms with Crippen molar-refractivity contribution in [2.24, 2.45) is 0 Å². The van der Waals surface area contributed by atoms with Crippen molar-refractivity contribution in [1.29, 1.82) is 0 Å². The number of hydrogen-bond acceptors (Lipinski definition) is 8. The first kappa shape index (κ1) is 24.9. The summed E-state index contributed by atoms with van der Waals surface area (Å²) in [6, 6.07) is 12.4. The normalized spacial score (nSPS) is 8.56. The Morgan fingerprint density at radius 2 is 1.00 bits per heavy atom. The van der Waals surface area contributed by atoms with Crippen molar-refractivity contribution < 1.29 is 51.7 Å². The van der Waals surface area contributed by atoms with E-state index in [1.807, 2.05) is 0 Å². The van der Waals surface area contributed by atoms with E-state index < -0.39 is 25.2 Å². The summed E-state index contributed by atoms with van der Waals surface area (Å²) in [6.45, 7) is -0.972. The van der Waals surface area contributed by atoms with Crippen molar-refractivity contribution in [1.82, 2.24) is 0 Å². The van der Waals surface area contributed by atoms with E-state index in [1.54, 1.807) is 24.3 Å². The molecule has 0 aliphatic rings. The van der Waals surface area contributed by atoms with E-state index in [-0.39, 0.29) is 44.2 Å². The molecule has 0 aliphatic heterocycles. The minimum absolute atomic E-state index is 0. The van der Waals surface area contributed by atoms with Gasteiger partial charge < -0.3 is 41.5 Å². The molecule has 0 saturated carbocycles. The van der Waals surface area contributed by atoms with Crippen LogP contribution in [0.2, 0.25) is 0 Å². The van der Waals surface area contributed by atoms with Crippen molar-refractivity contribution in [3.8, 4) is 0 Å². The molecule has 9 heteroatoms. The summed E-state index contributed by atoms with van der Waals surface area (Å²) in [6.07, 6.45) is 0. The second kappa shape index (κ2) is 14.0. The zero-order valence-corrected chi connectivity index (χ0v) is 14.7. The van der Waals surface area contributed by atoms with Gasteiger partial charge in [0.15, 0.2) is 0 Å². The van der Waals surface area contributed by atoms with Gasteiger partial charge in [-0.3, -0.25) is 0 Å². The number of carboxylic acid groups (broad SMARTS) is 2. The fourth-order valence-electron chi connectivity index (χ4n) is 1.37. The van der Waals surface area contributed by atoms with Crippen LogP contribution >= 0.6 is 0 Å². The molecule has 2 aromatic carbocycles. The number of nitrogens with two attached hydrogens (primary N) is 2. The third-order valence-electron chi connectivity index (χ3n) is 2.44. The average molecular weight is 380 g/mol. The zero-order chi connectivity index (χ0) is 18.5. The number of carboxylic acids is 2. The zero-order valence-electron chi connectivity index (χ0n) is 13.1. The number of carbonyl (C=O) groups is 2. The van der Waals surface area contributed by atoms with Crippen LogP contribution in [-0.2, 0) is 21.7 Å². The van der Waals surface area contributed by atoms with Crippen molar-refractivity contribution in [2.75, 3.05) is 24.7 Å². The van der Waals surface area contributed by atoms with E-state index in [0.29, 0.717) is 0 Å². The van der Waals surface area contributed by atoms with Crippen molar-refractivity contribution >= 4 is 23.3 Å². The van der Waals surface area contributed by atoms with E-state index in [4.69, 9.17) is 21.7 Å². The number of hydrogen-bond donors (Lipinski definition) is 2. The van der Waals surface area contributed by atoms with Crippen molar-refractivity contribution in [2.45, 2.75) is 0 Å². The van der Waals surface area contributed by atoms with E-state index in [1.165, 1.54) is 24.3 Å². The molecule has 0 amide bonds. The molecule has 0 aromatic heterocycles. The third kappa shape index (κ3) is 10.2. The van der Waals surface area contributed by atoms with Crippen LogP contribution in [0, 0.1) is 0 Å². The molecule has 0 heterocycles. The minimum Gasteiger partial charge on any atom is -0.855 e. The average Bonchev–Trinajstić information content (AvgIpc) is 2.56. The van der Waals surface area contributed by atoms with Crippen LogP contribution in [0.1, 0.15) is 20.7 Å². The smallest absolute Gasteiger partial charge is 0.855 e. The Bertz CT molecular complexity index is 609. The quantitative estimate of drug-likeness (QED) is 0.417. The maximum atomic E-state index is 10.2. The van der Waals surface area contributed by atoms with Gasteiger partial charge in [-0.25, -0.2) is 0 Å². The van der Waals surface area contributed by atoms with Gasteiger partial charge in [0, 0.05) is 22.5 Å². The number of carbonyl (C=O) groups excluding carboxylic acids is 2. The van der Waals surface area contributed by atoms with Crippen LogP contribution in [-0.4, -0.2) is 25.2 Å². The molecule has 0 atom stereocenters. The van der Waals surface area contributed by atoms with Gasteiger partial charge in [-0.1, -0.05) is 36.4 Å².